The summed E-state index contributed by atoms with van der Waals surface area (Å²) in [6.07, 6.45) is 0. The van der Waals surface area contributed by atoms with Crippen molar-refractivity contribution in [2.45, 2.75) is 13.5 Å². The summed E-state index contributed by atoms with van der Waals surface area (Å²) < 4.78 is 12.9. The first-order valence-corrected chi connectivity index (χ1v) is 7.50. The number of amides is 1. The predicted molar refractivity (Wildman–Crippen MR) is 89.1 cm³/mol. The van der Waals surface area contributed by atoms with Gasteiger partial charge in [0, 0.05) is 17.0 Å². The van der Waals surface area contributed by atoms with E-state index in [1.54, 1.807) is 37.3 Å². The van der Waals surface area contributed by atoms with Crippen LogP contribution in [0.25, 0.3) is 10.9 Å². The Labute approximate surface area is 138 Å². The summed E-state index contributed by atoms with van der Waals surface area (Å²) in [6, 6.07) is 13.2. The number of rotatable bonds is 3. The van der Waals surface area contributed by atoms with E-state index >= 15 is 0 Å². The highest BCUT2D eigenvalue weighted by Gasteiger charge is 2.11. The van der Waals surface area contributed by atoms with Crippen molar-refractivity contribution in [3.8, 4) is 0 Å². The van der Waals surface area contributed by atoms with Gasteiger partial charge in [0.1, 0.15) is 5.82 Å². The molecule has 0 aliphatic heterocycles. The molecule has 5 heteroatoms. The van der Waals surface area contributed by atoms with Gasteiger partial charge in [-0.15, -0.1) is 0 Å². The number of pyridine rings is 1. The normalized spacial score (nSPS) is 10.7. The molecule has 1 heterocycles. The van der Waals surface area contributed by atoms with E-state index in [-0.39, 0.29) is 11.7 Å². The van der Waals surface area contributed by atoms with Crippen molar-refractivity contribution in [3.05, 3.63) is 76.2 Å². The number of nitrogens with zero attached hydrogens (tertiary/aromatic N) is 1. The molecule has 0 unspecified atom stereocenters. The fourth-order valence-corrected chi connectivity index (χ4v) is 2.53. The Balaban J connectivity index is 1.82. The van der Waals surface area contributed by atoms with E-state index in [2.05, 4.69) is 10.3 Å². The molecule has 23 heavy (non-hydrogen) atoms. The molecule has 1 aromatic heterocycles. The Bertz CT molecular complexity index is 878. The zero-order chi connectivity index (χ0) is 16.4. The Morgan fingerprint density at radius 1 is 1.17 bits per heavy atom. The first-order chi connectivity index (χ1) is 11.0. The van der Waals surface area contributed by atoms with Crippen LogP contribution in [0.1, 0.15) is 21.6 Å². The van der Waals surface area contributed by atoms with Gasteiger partial charge in [-0.1, -0.05) is 23.7 Å². The van der Waals surface area contributed by atoms with Crippen molar-refractivity contribution in [1.29, 1.82) is 0 Å². The molecule has 3 aromatic rings. The Morgan fingerprint density at radius 2 is 1.91 bits per heavy atom. The van der Waals surface area contributed by atoms with E-state index in [9.17, 15) is 9.18 Å². The first-order valence-electron chi connectivity index (χ1n) is 7.12. The Morgan fingerprint density at radius 3 is 2.65 bits per heavy atom. The van der Waals surface area contributed by atoms with E-state index < -0.39 is 0 Å². The quantitative estimate of drug-likeness (QED) is 0.780. The van der Waals surface area contributed by atoms with Crippen LogP contribution in [0, 0.1) is 12.7 Å². The number of fused-ring (bicyclic) bond motifs is 1. The molecule has 0 fully saturated rings. The fourth-order valence-electron chi connectivity index (χ4n) is 2.35. The van der Waals surface area contributed by atoms with Gasteiger partial charge in [-0.25, -0.2) is 4.39 Å². The van der Waals surface area contributed by atoms with Crippen LogP contribution in [0.3, 0.4) is 0 Å². The molecule has 1 amide bonds. The maximum absolute atomic E-state index is 12.9. The van der Waals surface area contributed by atoms with Crippen LogP contribution in [0.5, 0.6) is 0 Å². The number of aryl methyl sites for hydroxylation is 1. The molecule has 0 aliphatic carbocycles. The summed E-state index contributed by atoms with van der Waals surface area (Å²) in [5.74, 6) is -0.521. The van der Waals surface area contributed by atoms with E-state index in [1.165, 1.54) is 12.1 Å². The Hall–Kier alpha value is -2.46. The van der Waals surface area contributed by atoms with Crippen LogP contribution in [0.4, 0.5) is 4.39 Å². The zero-order valence-electron chi connectivity index (χ0n) is 12.4. The zero-order valence-corrected chi connectivity index (χ0v) is 13.2. The van der Waals surface area contributed by atoms with Crippen LogP contribution < -0.4 is 5.32 Å². The maximum atomic E-state index is 12.9. The number of aromatic nitrogens is 1. The SMILES string of the molecule is Cc1nc2ccc(Cl)cc2cc1C(=O)NCc1ccc(F)cc1. The lowest BCUT2D eigenvalue weighted by molar-refractivity contribution is 0.0950. The van der Waals surface area contributed by atoms with Crippen molar-refractivity contribution >= 4 is 28.4 Å². The molecule has 3 nitrogen and oxygen atoms in total. The monoisotopic (exact) mass is 328 g/mol. The van der Waals surface area contributed by atoms with Crippen molar-refractivity contribution < 1.29 is 9.18 Å². The lowest BCUT2D eigenvalue weighted by atomic mass is 10.1. The van der Waals surface area contributed by atoms with Gasteiger partial charge in [0.2, 0.25) is 0 Å². The maximum Gasteiger partial charge on any atom is 0.253 e. The molecule has 0 saturated carbocycles. The van der Waals surface area contributed by atoms with Crippen molar-refractivity contribution in [1.82, 2.24) is 10.3 Å². The number of carbonyl (C=O) groups is 1. The van der Waals surface area contributed by atoms with E-state index in [0.29, 0.717) is 22.8 Å². The van der Waals surface area contributed by atoms with Gasteiger partial charge in [0.05, 0.1) is 16.8 Å². The van der Waals surface area contributed by atoms with E-state index in [1.807, 2.05) is 6.07 Å². The highest BCUT2D eigenvalue weighted by atomic mass is 35.5. The third kappa shape index (κ3) is 3.48. The summed E-state index contributed by atoms with van der Waals surface area (Å²) >= 11 is 5.99. The standard InChI is InChI=1S/C18H14ClFN2O/c1-11-16(9-13-8-14(19)4-7-17(13)22-11)18(23)21-10-12-2-5-15(20)6-3-12/h2-9H,10H2,1H3,(H,21,23). The van der Waals surface area contributed by atoms with Gasteiger partial charge in [0.15, 0.2) is 0 Å². The molecule has 0 radical (unpaired) electrons. The summed E-state index contributed by atoms with van der Waals surface area (Å²) in [7, 11) is 0. The molecule has 0 spiro atoms. The number of halogens is 2. The van der Waals surface area contributed by atoms with E-state index in [0.717, 1.165) is 16.5 Å². The number of nitrogens with one attached hydrogen (secondary N) is 1. The van der Waals surface area contributed by atoms with Gasteiger partial charge < -0.3 is 5.32 Å². The molecule has 0 bridgehead atoms. The lowest BCUT2D eigenvalue weighted by Crippen LogP contribution is -2.24. The third-order valence-electron chi connectivity index (χ3n) is 3.58. The summed E-state index contributed by atoms with van der Waals surface area (Å²) in [5.41, 5.74) is 2.77. The van der Waals surface area contributed by atoms with Crippen LogP contribution in [-0.2, 0) is 6.54 Å². The van der Waals surface area contributed by atoms with Crippen molar-refractivity contribution in [2.75, 3.05) is 0 Å². The van der Waals surface area contributed by atoms with E-state index in [4.69, 9.17) is 11.6 Å². The molecular weight excluding hydrogens is 315 g/mol. The average Bonchev–Trinajstić information content (AvgIpc) is 2.54. The number of hydrogen-bond donors (Lipinski definition) is 1. The molecule has 2 aromatic carbocycles. The van der Waals surface area contributed by atoms with Gasteiger partial charge in [-0.2, -0.15) is 0 Å². The minimum Gasteiger partial charge on any atom is -0.348 e. The third-order valence-corrected chi connectivity index (χ3v) is 3.81. The number of hydrogen-bond acceptors (Lipinski definition) is 2. The fraction of sp³-hybridized carbons (Fsp3) is 0.111. The molecule has 0 saturated heterocycles. The minimum atomic E-state index is -0.300. The highest BCUT2D eigenvalue weighted by Crippen LogP contribution is 2.20. The molecule has 116 valence electrons. The number of benzene rings is 2. The van der Waals surface area contributed by atoms with Crippen LogP contribution in [0.15, 0.2) is 48.5 Å². The van der Waals surface area contributed by atoms with Crippen LogP contribution >= 0.6 is 11.6 Å². The Kier molecular flexibility index (Phi) is 4.26. The second-order valence-electron chi connectivity index (χ2n) is 5.27. The second kappa shape index (κ2) is 6.34. The largest absolute Gasteiger partial charge is 0.348 e. The van der Waals surface area contributed by atoms with Gasteiger partial charge in [-0.3, -0.25) is 9.78 Å². The van der Waals surface area contributed by atoms with Crippen molar-refractivity contribution in [2.24, 2.45) is 0 Å². The molecule has 0 aliphatic rings. The first kappa shape index (κ1) is 15.4. The molecule has 0 atom stereocenters. The van der Waals surface area contributed by atoms with Gasteiger partial charge >= 0.3 is 0 Å². The van der Waals surface area contributed by atoms with Crippen LogP contribution in [-0.4, -0.2) is 10.9 Å². The van der Waals surface area contributed by atoms with Crippen molar-refractivity contribution in [3.63, 3.8) is 0 Å². The second-order valence-corrected chi connectivity index (χ2v) is 5.70. The van der Waals surface area contributed by atoms with Gasteiger partial charge in [0.25, 0.3) is 5.91 Å². The van der Waals surface area contributed by atoms with Gasteiger partial charge in [-0.05, 0) is 48.9 Å². The summed E-state index contributed by atoms with van der Waals surface area (Å²) in [4.78, 5) is 16.8. The molecule has 3 rings (SSSR count). The summed E-state index contributed by atoms with van der Waals surface area (Å²) in [5, 5.41) is 4.23. The topological polar surface area (TPSA) is 42.0 Å². The lowest BCUT2D eigenvalue weighted by Gasteiger charge is -2.09. The average molecular weight is 329 g/mol. The smallest absolute Gasteiger partial charge is 0.253 e. The minimum absolute atomic E-state index is 0.221. The predicted octanol–water partition coefficient (Wildman–Crippen LogP) is 4.27. The molecule has 1 N–H and O–H groups in total. The summed E-state index contributed by atoms with van der Waals surface area (Å²) in [6.45, 7) is 2.12. The number of carbonyl (C=O) groups excluding carboxylic acids is 1. The highest BCUT2D eigenvalue weighted by molar-refractivity contribution is 6.31. The molecular formula is C18H14ClFN2O. The van der Waals surface area contributed by atoms with Crippen LogP contribution in [0.2, 0.25) is 5.02 Å².